The lowest BCUT2D eigenvalue weighted by Gasteiger charge is -2.11. The molecule has 0 saturated heterocycles. The predicted molar refractivity (Wildman–Crippen MR) is 111 cm³/mol. The summed E-state index contributed by atoms with van der Waals surface area (Å²) in [4.78, 5) is 25.5. The van der Waals surface area contributed by atoms with Crippen molar-refractivity contribution in [3.05, 3.63) is 58.6 Å². The molecule has 2 amide bonds. The lowest BCUT2D eigenvalue weighted by Crippen LogP contribution is -2.37. The zero-order valence-electron chi connectivity index (χ0n) is 16.0. The van der Waals surface area contributed by atoms with Crippen molar-refractivity contribution < 1.29 is 14.3 Å². The molecule has 0 aliphatic heterocycles. The lowest BCUT2D eigenvalue weighted by atomic mass is 10.2. The van der Waals surface area contributed by atoms with Crippen LogP contribution in [0.5, 0.6) is 5.75 Å². The molecule has 0 heterocycles. The SMILES string of the molecule is Cc1cc(Cl)ccc1OCC(=O)NCC(=O)N/N=C\c1ccc(N(C)C)cc1. The van der Waals surface area contributed by atoms with E-state index < -0.39 is 11.8 Å². The standard InChI is InChI=1S/C20H23ClN4O3/c1-14-10-16(21)6-9-18(14)28-13-20(27)22-12-19(26)24-23-11-15-4-7-17(8-5-15)25(2)3/h4-11H,12-13H2,1-3H3,(H,22,27)(H,24,26)/b23-11-. The molecular weight excluding hydrogens is 380 g/mol. The van der Waals surface area contributed by atoms with Crippen LogP contribution in [-0.4, -0.2) is 45.3 Å². The van der Waals surface area contributed by atoms with E-state index in [4.69, 9.17) is 16.3 Å². The number of carbonyl (C=O) groups excluding carboxylic acids is 2. The molecule has 0 aromatic heterocycles. The van der Waals surface area contributed by atoms with E-state index >= 15 is 0 Å². The summed E-state index contributed by atoms with van der Waals surface area (Å²) >= 11 is 5.87. The highest BCUT2D eigenvalue weighted by molar-refractivity contribution is 6.30. The number of rotatable bonds is 8. The topological polar surface area (TPSA) is 83.0 Å². The highest BCUT2D eigenvalue weighted by atomic mass is 35.5. The van der Waals surface area contributed by atoms with Crippen molar-refractivity contribution in [2.24, 2.45) is 5.10 Å². The average Bonchev–Trinajstić information content (AvgIpc) is 2.66. The lowest BCUT2D eigenvalue weighted by molar-refractivity contribution is -0.127. The van der Waals surface area contributed by atoms with Gasteiger partial charge in [0.25, 0.3) is 11.8 Å². The number of nitrogens with zero attached hydrogens (tertiary/aromatic N) is 2. The molecule has 0 aliphatic carbocycles. The van der Waals surface area contributed by atoms with Crippen LogP contribution in [0, 0.1) is 6.92 Å². The maximum atomic E-state index is 11.8. The van der Waals surface area contributed by atoms with Crippen LogP contribution in [0.1, 0.15) is 11.1 Å². The molecule has 2 N–H and O–H groups in total. The summed E-state index contributed by atoms with van der Waals surface area (Å²) in [5, 5.41) is 6.94. The van der Waals surface area contributed by atoms with Gasteiger partial charge in [-0.1, -0.05) is 23.7 Å². The van der Waals surface area contributed by atoms with Gasteiger partial charge in [-0.15, -0.1) is 0 Å². The Morgan fingerprint density at radius 3 is 2.50 bits per heavy atom. The van der Waals surface area contributed by atoms with E-state index in [0.717, 1.165) is 16.8 Å². The molecule has 28 heavy (non-hydrogen) atoms. The van der Waals surface area contributed by atoms with Crippen molar-refractivity contribution in [2.75, 3.05) is 32.1 Å². The number of nitrogens with one attached hydrogen (secondary N) is 2. The molecule has 0 bridgehead atoms. The van der Waals surface area contributed by atoms with E-state index in [0.29, 0.717) is 10.8 Å². The average molecular weight is 403 g/mol. The number of hydrogen-bond donors (Lipinski definition) is 2. The maximum Gasteiger partial charge on any atom is 0.259 e. The quantitative estimate of drug-likeness (QED) is 0.524. The van der Waals surface area contributed by atoms with Crippen LogP contribution in [0.4, 0.5) is 5.69 Å². The third kappa shape index (κ3) is 6.92. The molecule has 0 fully saturated rings. The van der Waals surface area contributed by atoms with Gasteiger partial charge in [0.2, 0.25) is 0 Å². The summed E-state index contributed by atoms with van der Waals surface area (Å²) in [6.07, 6.45) is 1.53. The molecule has 0 saturated carbocycles. The number of anilines is 1. The molecule has 0 aliphatic rings. The molecule has 7 nitrogen and oxygen atoms in total. The highest BCUT2D eigenvalue weighted by Crippen LogP contribution is 2.21. The number of halogens is 1. The fourth-order valence-corrected chi connectivity index (χ4v) is 2.45. The highest BCUT2D eigenvalue weighted by Gasteiger charge is 2.07. The van der Waals surface area contributed by atoms with Gasteiger partial charge in [-0.25, -0.2) is 5.43 Å². The monoisotopic (exact) mass is 402 g/mol. The Bertz CT molecular complexity index is 851. The summed E-state index contributed by atoms with van der Waals surface area (Å²) in [6, 6.07) is 12.8. The molecule has 8 heteroatoms. The normalized spacial score (nSPS) is 10.6. The summed E-state index contributed by atoms with van der Waals surface area (Å²) in [5.41, 5.74) is 5.11. The molecule has 0 unspecified atom stereocenters. The molecule has 0 spiro atoms. The first-order valence-electron chi connectivity index (χ1n) is 8.60. The number of ether oxygens (including phenoxy) is 1. The second-order valence-electron chi connectivity index (χ2n) is 6.25. The molecule has 2 rings (SSSR count). The minimum absolute atomic E-state index is 0.196. The van der Waals surface area contributed by atoms with Crippen molar-refractivity contribution in [2.45, 2.75) is 6.92 Å². The van der Waals surface area contributed by atoms with E-state index in [1.54, 1.807) is 18.2 Å². The third-order valence-electron chi connectivity index (χ3n) is 3.75. The number of benzene rings is 2. The van der Waals surface area contributed by atoms with Crippen LogP contribution >= 0.6 is 11.6 Å². The first kappa shape index (κ1) is 21.2. The Morgan fingerprint density at radius 1 is 1.14 bits per heavy atom. The van der Waals surface area contributed by atoms with Crippen LogP contribution < -0.4 is 20.4 Å². The summed E-state index contributed by atoms with van der Waals surface area (Å²) in [5.74, 6) is -0.279. The molecule has 2 aromatic rings. The van der Waals surface area contributed by atoms with Crippen LogP contribution in [0.25, 0.3) is 0 Å². The van der Waals surface area contributed by atoms with Gasteiger partial charge in [0.15, 0.2) is 6.61 Å². The van der Waals surface area contributed by atoms with Crippen molar-refractivity contribution in [3.8, 4) is 5.75 Å². The Morgan fingerprint density at radius 2 is 1.86 bits per heavy atom. The molecule has 0 atom stereocenters. The first-order valence-corrected chi connectivity index (χ1v) is 8.98. The van der Waals surface area contributed by atoms with Gasteiger partial charge in [0.1, 0.15) is 5.75 Å². The van der Waals surface area contributed by atoms with Gasteiger partial charge in [-0.3, -0.25) is 9.59 Å². The van der Waals surface area contributed by atoms with E-state index in [9.17, 15) is 9.59 Å². The van der Waals surface area contributed by atoms with E-state index in [1.807, 2.05) is 50.2 Å². The number of hydrazone groups is 1. The zero-order chi connectivity index (χ0) is 20.5. The number of carbonyl (C=O) groups is 2. The Hall–Kier alpha value is -3.06. The minimum atomic E-state index is -0.433. The van der Waals surface area contributed by atoms with Gasteiger partial charge in [-0.2, -0.15) is 5.10 Å². The van der Waals surface area contributed by atoms with Crippen LogP contribution in [0.15, 0.2) is 47.6 Å². The van der Waals surface area contributed by atoms with Crippen molar-refractivity contribution in [1.29, 1.82) is 0 Å². The minimum Gasteiger partial charge on any atom is -0.484 e. The second kappa shape index (κ2) is 10.3. The summed E-state index contributed by atoms with van der Waals surface area (Å²) < 4.78 is 5.42. The zero-order valence-corrected chi connectivity index (χ0v) is 16.8. The fraction of sp³-hybridized carbons (Fsp3) is 0.250. The van der Waals surface area contributed by atoms with Gasteiger partial charge < -0.3 is 15.0 Å². The van der Waals surface area contributed by atoms with Gasteiger partial charge in [-0.05, 0) is 48.4 Å². The second-order valence-corrected chi connectivity index (χ2v) is 6.69. The molecule has 148 valence electrons. The fourth-order valence-electron chi connectivity index (χ4n) is 2.22. The number of aryl methyl sites for hydroxylation is 1. The van der Waals surface area contributed by atoms with Crippen LogP contribution in [0.2, 0.25) is 5.02 Å². The van der Waals surface area contributed by atoms with E-state index in [2.05, 4.69) is 15.8 Å². The maximum absolute atomic E-state index is 11.8. The number of hydrogen-bond acceptors (Lipinski definition) is 5. The molecule has 2 aromatic carbocycles. The largest absolute Gasteiger partial charge is 0.484 e. The van der Waals surface area contributed by atoms with Gasteiger partial charge >= 0.3 is 0 Å². The summed E-state index contributed by atoms with van der Waals surface area (Å²) in [6.45, 7) is 1.44. The van der Waals surface area contributed by atoms with Crippen molar-refractivity contribution in [1.82, 2.24) is 10.7 Å². The Balaban J connectivity index is 1.70. The van der Waals surface area contributed by atoms with Crippen molar-refractivity contribution in [3.63, 3.8) is 0 Å². The molecule has 0 radical (unpaired) electrons. The smallest absolute Gasteiger partial charge is 0.259 e. The van der Waals surface area contributed by atoms with Crippen molar-refractivity contribution >= 4 is 35.3 Å². The Labute approximate surface area is 169 Å². The van der Waals surface area contributed by atoms with Gasteiger partial charge in [0.05, 0.1) is 12.8 Å². The van der Waals surface area contributed by atoms with Gasteiger partial charge in [0, 0.05) is 24.8 Å². The third-order valence-corrected chi connectivity index (χ3v) is 3.99. The first-order chi connectivity index (χ1) is 13.3. The van der Waals surface area contributed by atoms with Crippen LogP contribution in [-0.2, 0) is 9.59 Å². The number of amides is 2. The predicted octanol–water partition coefficient (Wildman–Crippen LogP) is 2.36. The Kier molecular flexibility index (Phi) is 7.83. The summed E-state index contributed by atoms with van der Waals surface area (Å²) in [7, 11) is 3.92. The van der Waals surface area contributed by atoms with E-state index in [1.165, 1.54) is 6.21 Å². The van der Waals surface area contributed by atoms with E-state index in [-0.39, 0.29) is 13.2 Å². The molecular formula is C20H23ClN4O3. The van der Waals surface area contributed by atoms with Crippen LogP contribution in [0.3, 0.4) is 0 Å².